The third kappa shape index (κ3) is 2.01. The molecule has 1 fully saturated rings. The number of nitrogens with zero attached hydrogens (tertiary/aromatic N) is 1. The van der Waals surface area contributed by atoms with Gasteiger partial charge in [-0.25, -0.2) is 0 Å². The van der Waals surface area contributed by atoms with Crippen molar-refractivity contribution in [3.63, 3.8) is 0 Å². The van der Waals surface area contributed by atoms with Gasteiger partial charge >= 0.3 is 0 Å². The smallest absolute Gasteiger partial charge is 0.0504 e. The number of rotatable bonds is 3. The van der Waals surface area contributed by atoms with Gasteiger partial charge in [0.1, 0.15) is 0 Å². The van der Waals surface area contributed by atoms with Crippen LogP contribution in [0.25, 0.3) is 0 Å². The van der Waals surface area contributed by atoms with Crippen LogP contribution in [0.4, 0.5) is 0 Å². The standard InChI is InChI=1S/C12H19NO/c14-11-12(6-2-1-3-7-12)10-13-8-4-5-9-13/h4-5,8-9,14H,1-3,6-7,10-11H2. The van der Waals surface area contributed by atoms with E-state index in [1.54, 1.807) is 0 Å². The normalized spacial score (nSPS) is 20.9. The molecule has 14 heavy (non-hydrogen) atoms. The molecule has 0 amide bonds. The first-order valence-corrected chi connectivity index (χ1v) is 5.56. The van der Waals surface area contributed by atoms with E-state index in [0.717, 1.165) is 6.54 Å². The van der Waals surface area contributed by atoms with Crippen molar-refractivity contribution < 1.29 is 5.11 Å². The van der Waals surface area contributed by atoms with Gasteiger partial charge in [0.15, 0.2) is 0 Å². The van der Waals surface area contributed by atoms with Crippen LogP contribution in [0.5, 0.6) is 0 Å². The fourth-order valence-corrected chi connectivity index (χ4v) is 2.53. The van der Waals surface area contributed by atoms with E-state index in [9.17, 15) is 5.11 Å². The zero-order valence-corrected chi connectivity index (χ0v) is 8.65. The lowest BCUT2D eigenvalue weighted by atomic mass is 9.74. The van der Waals surface area contributed by atoms with Crippen LogP contribution < -0.4 is 0 Å². The molecule has 1 saturated carbocycles. The number of aliphatic hydroxyl groups is 1. The van der Waals surface area contributed by atoms with E-state index in [0.29, 0.717) is 6.61 Å². The molecule has 1 aromatic rings. The summed E-state index contributed by atoms with van der Waals surface area (Å²) in [5, 5.41) is 9.53. The van der Waals surface area contributed by atoms with Gasteiger partial charge in [-0.05, 0) is 25.0 Å². The maximum atomic E-state index is 9.53. The molecule has 0 unspecified atom stereocenters. The average molecular weight is 193 g/mol. The van der Waals surface area contributed by atoms with Gasteiger partial charge in [0.2, 0.25) is 0 Å². The summed E-state index contributed by atoms with van der Waals surface area (Å²) in [6, 6.07) is 4.10. The monoisotopic (exact) mass is 193 g/mol. The summed E-state index contributed by atoms with van der Waals surface area (Å²) in [4.78, 5) is 0. The lowest BCUT2D eigenvalue weighted by Crippen LogP contribution is -2.32. The Morgan fingerprint density at radius 3 is 2.29 bits per heavy atom. The van der Waals surface area contributed by atoms with Crippen molar-refractivity contribution in [2.75, 3.05) is 6.61 Å². The van der Waals surface area contributed by atoms with Crippen molar-refractivity contribution in [1.82, 2.24) is 4.57 Å². The van der Waals surface area contributed by atoms with Gasteiger partial charge in [-0.1, -0.05) is 19.3 Å². The van der Waals surface area contributed by atoms with Crippen LogP contribution in [-0.2, 0) is 6.54 Å². The Kier molecular flexibility index (Phi) is 2.92. The lowest BCUT2D eigenvalue weighted by Gasteiger charge is -2.35. The summed E-state index contributed by atoms with van der Waals surface area (Å²) in [5.41, 5.74) is 0.164. The second-order valence-corrected chi connectivity index (χ2v) is 4.57. The Morgan fingerprint density at radius 2 is 1.71 bits per heavy atom. The highest BCUT2D eigenvalue weighted by Gasteiger charge is 2.31. The molecule has 1 aliphatic carbocycles. The fraction of sp³-hybridized carbons (Fsp3) is 0.667. The molecule has 1 aromatic heterocycles. The van der Waals surface area contributed by atoms with Gasteiger partial charge in [-0.2, -0.15) is 0 Å². The molecular formula is C12H19NO. The maximum Gasteiger partial charge on any atom is 0.0504 e. The SMILES string of the molecule is OCC1(Cn2cccc2)CCCCC1. The molecule has 1 N–H and O–H groups in total. The molecule has 1 aliphatic rings. The highest BCUT2D eigenvalue weighted by molar-refractivity contribution is 4.93. The Bertz CT molecular complexity index is 260. The minimum Gasteiger partial charge on any atom is -0.396 e. The van der Waals surface area contributed by atoms with E-state index >= 15 is 0 Å². The molecule has 1 heterocycles. The largest absolute Gasteiger partial charge is 0.396 e. The van der Waals surface area contributed by atoms with Crippen LogP contribution in [0.1, 0.15) is 32.1 Å². The molecule has 2 rings (SSSR count). The number of aromatic nitrogens is 1. The van der Waals surface area contributed by atoms with Crippen LogP contribution in [0, 0.1) is 5.41 Å². The van der Waals surface area contributed by atoms with E-state index in [-0.39, 0.29) is 5.41 Å². The number of hydrogen-bond donors (Lipinski definition) is 1. The third-order valence-corrected chi connectivity index (χ3v) is 3.43. The first kappa shape index (κ1) is 9.78. The molecule has 0 aromatic carbocycles. The van der Waals surface area contributed by atoms with Crippen LogP contribution >= 0.6 is 0 Å². The minimum atomic E-state index is 0.164. The summed E-state index contributed by atoms with van der Waals surface area (Å²) in [7, 11) is 0. The van der Waals surface area contributed by atoms with Gasteiger partial charge in [-0.3, -0.25) is 0 Å². The zero-order chi connectivity index (χ0) is 9.86. The van der Waals surface area contributed by atoms with Crippen LogP contribution in [-0.4, -0.2) is 16.3 Å². The van der Waals surface area contributed by atoms with Crippen LogP contribution in [0.3, 0.4) is 0 Å². The van der Waals surface area contributed by atoms with Crippen LogP contribution in [0.15, 0.2) is 24.5 Å². The summed E-state index contributed by atoms with van der Waals surface area (Å²) in [6.45, 7) is 1.32. The Hall–Kier alpha value is -0.760. The van der Waals surface area contributed by atoms with Crippen molar-refractivity contribution in [2.24, 2.45) is 5.41 Å². The Labute approximate surface area is 85.6 Å². The predicted molar refractivity (Wildman–Crippen MR) is 57.0 cm³/mol. The predicted octanol–water partition coefficient (Wildman–Crippen LogP) is 2.43. The molecule has 0 radical (unpaired) electrons. The van der Waals surface area contributed by atoms with Crippen molar-refractivity contribution in [1.29, 1.82) is 0 Å². The third-order valence-electron chi connectivity index (χ3n) is 3.43. The quantitative estimate of drug-likeness (QED) is 0.783. The average Bonchev–Trinajstić information content (AvgIpc) is 2.72. The molecule has 78 valence electrons. The number of hydrogen-bond acceptors (Lipinski definition) is 1. The van der Waals surface area contributed by atoms with E-state index in [1.807, 2.05) is 12.1 Å². The van der Waals surface area contributed by atoms with Gasteiger partial charge in [0, 0.05) is 24.4 Å². The van der Waals surface area contributed by atoms with Gasteiger partial charge in [0.05, 0.1) is 6.61 Å². The first-order valence-electron chi connectivity index (χ1n) is 5.56. The highest BCUT2D eigenvalue weighted by Crippen LogP contribution is 2.37. The molecule has 0 spiro atoms. The van der Waals surface area contributed by atoms with Gasteiger partial charge in [0.25, 0.3) is 0 Å². The van der Waals surface area contributed by atoms with Crippen molar-refractivity contribution in [2.45, 2.75) is 38.6 Å². The van der Waals surface area contributed by atoms with Crippen molar-refractivity contribution in [3.05, 3.63) is 24.5 Å². The molecule has 2 nitrogen and oxygen atoms in total. The summed E-state index contributed by atoms with van der Waals surface area (Å²) in [5.74, 6) is 0. The van der Waals surface area contributed by atoms with Crippen molar-refractivity contribution in [3.8, 4) is 0 Å². The lowest BCUT2D eigenvalue weighted by molar-refractivity contribution is 0.0648. The van der Waals surface area contributed by atoms with Crippen molar-refractivity contribution >= 4 is 0 Å². The second kappa shape index (κ2) is 4.18. The topological polar surface area (TPSA) is 25.2 Å². The Balaban J connectivity index is 2.04. The molecule has 0 atom stereocenters. The highest BCUT2D eigenvalue weighted by atomic mass is 16.3. The second-order valence-electron chi connectivity index (χ2n) is 4.57. The first-order chi connectivity index (χ1) is 6.85. The summed E-state index contributed by atoms with van der Waals surface area (Å²) in [6.07, 6.45) is 10.4. The molecule has 0 bridgehead atoms. The maximum absolute atomic E-state index is 9.53. The fourth-order valence-electron chi connectivity index (χ4n) is 2.53. The van der Waals surface area contributed by atoms with Gasteiger partial charge < -0.3 is 9.67 Å². The summed E-state index contributed by atoms with van der Waals surface area (Å²) >= 11 is 0. The number of aliphatic hydroxyl groups excluding tert-OH is 1. The van der Waals surface area contributed by atoms with E-state index < -0.39 is 0 Å². The van der Waals surface area contributed by atoms with E-state index in [1.165, 1.54) is 32.1 Å². The molecule has 0 saturated heterocycles. The van der Waals surface area contributed by atoms with Crippen LogP contribution in [0.2, 0.25) is 0 Å². The molecular weight excluding hydrogens is 174 g/mol. The molecule has 2 heteroatoms. The zero-order valence-electron chi connectivity index (χ0n) is 8.65. The Morgan fingerprint density at radius 1 is 1.07 bits per heavy atom. The van der Waals surface area contributed by atoms with E-state index in [2.05, 4.69) is 17.0 Å². The van der Waals surface area contributed by atoms with E-state index in [4.69, 9.17) is 0 Å². The van der Waals surface area contributed by atoms with Gasteiger partial charge in [-0.15, -0.1) is 0 Å². The minimum absolute atomic E-state index is 0.164. The molecule has 0 aliphatic heterocycles. The summed E-state index contributed by atoms with van der Waals surface area (Å²) < 4.78 is 2.20.